The highest BCUT2D eigenvalue weighted by molar-refractivity contribution is 5.77. The third kappa shape index (κ3) is 3.45. The van der Waals surface area contributed by atoms with Gasteiger partial charge in [0.1, 0.15) is 0 Å². The Labute approximate surface area is 108 Å². The van der Waals surface area contributed by atoms with E-state index in [-0.39, 0.29) is 5.91 Å². The largest absolute Gasteiger partial charge is 0.481 e. The second kappa shape index (κ2) is 5.26. The van der Waals surface area contributed by atoms with E-state index < -0.39 is 11.4 Å². The maximum atomic E-state index is 11.6. The van der Waals surface area contributed by atoms with Crippen molar-refractivity contribution in [3.05, 3.63) is 0 Å². The third-order valence-electron chi connectivity index (χ3n) is 3.89. The van der Waals surface area contributed by atoms with Crippen LogP contribution >= 0.6 is 0 Å². The first-order valence-corrected chi connectivity index (χ1v) is 6.75. The number of nitrogens with one attached hydrogen (secondary N) is 1. The average molecular weight is 254 g/mol. The quantitative estimate of drug-likeness (QED) is 0.763. The Morgan fingerprint density at radius 1 is 1.44 bits per heavy atom. The summed E-state index contributed by atoms with van der Waals surface area (Å²) in [5, 5.41) is 12.2. The number of carbonyl (C=O) groups excluding carboxylic acids is 1. The van der Waals surface area contributed by atoms with Crippen LogP contribution in [-0.4, -0.2) is 47.6 Å². The summed E-state index contributed by atoms with van der Waals surface area (Å²) < 4.78 is 0. The van der Waals surface area contributed by atoms with E-state index in [9.17, 15) is 14.7 Å². The van der Waals surface area contributed by atoms with Crippen LogP contribution in [0.3, 0.4) is 0 Å². The zero-order valence-electron chi connectivity index (χ0n) is 10.9. The van der Waals surface area contributed by atoms with Gasteiger partial charge in [0.2, 0.25) is 5.91 Å². The van der Waals surface area contributed by atoms with Crippen LogP contribution < -0.4 is 5.32 Å². The van der Waals surface area contributed by atoms with Crippen molar-refractivity contribution in [3.8, 4) is 0 Å². The molecule has 2 N–H and O–H groups in total. The molecule has 5 heteroatoms. The smallest absolute Gasteiger partial charge is 0.310 e. The predicted octanol–water partition coefficient (Wildman–Crippen LogP) is 0.842. The van der Waals surface area contributed by atoms with Gasteiger partial charge < -0.3 is 15.3 Å². The van der Waals surface area contributed by atoms with Crippen molar-refractivity contribution in [2.24, 2.45) is 5.41 Å². The number of aliphatic carboxylic acids is 1. The van der Waals surface area contributed by atoms with Crippen LogP contribution in [0.1, 0.15) is 39.0 Å². The van der Waals surface area contributed by atoms with Crippen LogP contribution in [0.15, 0.2) is 0 Å². The molecule has 0 aromatic carbocycles. The summed E-state index contributed by atoms with van der Waals surface area (Å²) in [6, 6.07) is 0.406. The lowest BCUT2D eigenvalue weighted by Crippen LogP contribution is -2.47. The van der Waals surface area contributed by atoms with Gasteiger partial charge >= 0.3 is 5.97 Å². The zero-order valence-corrected chi connectivity index (χ0v) is 10.9. The van der Waals surface area contributed by atoms with Crippen molar-refractivity contribution in [2.75, 3.05) is 19.6 Å². The number of carbonyl (C=O) groups is 2. The van der Waals surface area contributed by atoms with Crippen LogP contribution in [0.4, 0.5) is 0 Å². The monoisotopic (exact) mass is 254 g/mol. The molecule has 1 aliphatic carbocycles. The topological polar surface area (TPSA) is 69.6 Å². The van der Waals surface area contributed by atoms with E-state index in [1.54, 1.807) is 6.92 Å². The van der Waals surface area contributed by atoms with Crippen LogP contribution in [0.25, 0.3) is 0 Å². The SMILES string of the molecule is CC1(C(=O)O)CCCN(CCC(=O)NC2CC2)C1. The van der Waals surface area contributed by atoms with Gasteiger partial charge in [0.25, 0.3) is 0 Å². The first kappa shape index (κ1) is 13.3. The molecule has 2 fully saturated rings. The first-order chi connectivity index (χ1) is 8.49. The number of amides is 1. The number of carboxylic acids is 1. The molecule has 0 aromatic rings. The van der Waals surface area contributed by atoms with E-state index in [4.69, 9.17) is 0 Å². The van der Waals surface area contributed by atoms with Crippen molar-refractivity contribution in [2.45, 2.75) is 45.1 Å². The summed E-state index contributed by atoms with van der Waals surface area (Å²) in [5.41, 5.74) is -0.648. The second-order valence-electron chi connectivity index (χ2n) is 5.84. The molecule has 1 atom stereocenters. The molecule has 18 heavy (non-hydrogen) atoms. The van der Waals surface area contributed by atoms with E-state index >= 15 is 0 Å². The standard InChI is InChI=1S/C13H22N2O3/c1-13(12(17)18)6-2-7-15(9-13)8-5-11(16)14-10-3-4-10/h10H,2-9H2,1H3,(H,14,16)(H,17,18). The van der Waals surface area contributed by atoms with Crippen molar-refractivity contribution >= 4 is 11.9 Å². The number of rotatable bonds is 5. The van der Waals surface area contributed by atoms with E-state index in [0.717, 1.165) is 32.2 Å². The van der Waals surface area contributed by atoms with E-state index in [1.165, 1.54) is 0 Å². The highest BCUT2D eigenvalue weighted by atomic mass is 16.4. The number of hydrogen-bond acceptors (Lipinski definition) is 3. The first-order valence-electron chi connectivity index (χ1n) is 6.75. The number of hydrogen-bond donors (Lipinski definition) is 2. The Bertz CT molecular complexity index is 341. The molecule has 2 rings (SSSR count). The van der Waals surface area contributed by atoms with Crippen LogP contribution in [0.2, 0.25) is 0 Å². The minimum Gasteiger partial charge on any atom is -0.481 e. The van der Waals surface area contributed by atoms with Crippen molar-refractivity contribution in [1.29, 1.82) is 0 Å². The highest BCUT2D eigenvalue weighted by Crippen LogP contribution is 2.29. The molecule has 1 aliphatic heterocycles. The summed E-state index contributed by atoms with van der Waals surface area (Å²) >= 11 is 0. The third-order valence-corrected chi connectivity index (χ3v) is 3.89. The minimum atomic E-state index is -0.727. The Kier molecular flexibility index (Phi) is 3.90. The van der Waals surface area contributed by atoms with Crippen molar-refractivity contribution in [1.82, 2.24) is 10.2 Å². The maximum Gasteiger partial charge on any atom is 0.310 e. The lowest BCUT2D eigenvalue weighted by molar-refractivity contribution is -0.151. The maximum absolute atomic E-state index is 11.6. The molecule has 1 unspecified atom stereocenters. The highest BCUT2D eigenvalue weighted by Gasteiger charge is 2.37. The molecule has 1 saturated heterocycles. The molecule has 1 saturated carbocycles. The van der Waals surface area contributed by atoms with Crippen LogP contribution in [0, 0.1) is 5.41 Å². The summed E-state index contributed by atoms with van der Waals surface area (Å²) in [6.07, 6.45) is 4.31. The van der Waals surface area contributed by atoms with Gasteiger partial charge in [-0.15, -0.1) is 0 Å². The number of piperidine rings is 1. The van der Waals surface area contributed by atoms with E-state index in [2.05, 4.69) is 10.2 Å². The normalized spacial score (nSPS) is 28.9. The van der Waals surface area contributed by atoms with Gasteiger partial charge in [-0.25, -0.2) is 0 Å². The fourth-order valence-corrected chi connectivity index (χ4v) is 2.50. The molecule has 0 spiro atoms. The van der Waals surface area contributed by atoms with E-state index in [0.29, 0.717) is 25.6 Å². The van der Waals surface area contributed by atoms with Gasteiger partial charge in [-0.1, -0.05) is 0 Å². The Morgan fingerprint density at radius 2 is 2.17 bits per heavy atom. The summed E-state index contributed by atoms with van der Waals surface area (Å²) in [5.74, 6) is -0.630. The average Bonchev–Trinajstić information content (AvgIpc) is 3.10. The molecular formula is C13H22N2O3. The minimum absolute atomic E-state index is 0.0973. The van der Waals surface area contributed by atoms with Gasteiger partial charge in [-0.05, 0) is 39.2 Å². The summed E-state index contributed by atoms with van der Waals surface area (Å²) in [7, 11) is 0. The van der Waals surface area contributed by atoms with Gasteiger partial charge in [-0.2, -0.15) is 0 Å². The molecule has 1 amide bonds. The fraction of sp³-hybridized carbons (Fsp3) is 0.846. The molecule has 0 bridgehead atoms. The molecule has 0 aromatic heterocycles. The lowest BCUT2D eigenvalue weighted by atomic mass is 9.82. The van der Waals surface area contributed by atoms with E-state index in [1.807, 2.05) is 0 Å². The molecule has 0 radical (unpaired) electrons. The van der Waals surface area contributed by atoms with Gasteiger partial charge in [-0.3, -0.25) is 9.59 Å². The van der Waals surface area contributed by atoms with Crippen LogP contribution in [-0.2, 0) is 9.59 Å². The Hall–Kier alpha value is -1.10. The van der Waals surface area contributed by atoms with Crippen molar-refractivity contribution in [3.63, 3.8) is 0 Å². The molecule has 2 aliphatic rings. The second-order valence-corrected chi connectivity index (χ2v) is 5.84. The van der Waals surface area contributed by atoms with Gasteiger partial charge in [0.05, 0.1) is 5.41 Å². The number of nitrogens with zero attached hydrogens (tertiary/aromatic N) is 1. The molecule has 5 nitrogen and oxygen atoms in total. The summed E-state index contributed by atoms with van der Waals surface area (Å²) in [4.78, 5) is 24.9. The molecule has 102 valence electrons. The number of carboxylic acid groups (broad SMARTS) is 1. The molecule has 1 heterocycles. The predicted molar refractivity (Wildman–Crippen MR) is 67.2 cm³/mol. The zero-order chi connectivity index (χ0) is 13.2. The fourth-order valence-electron chi connectivity index (χ4n) is 2.50. The lowest BCUT2D eigenvalue weighted by Gasteiger charge is -2.37. The number of likely N-dealkylation sites (tertiary alicyclic amines) is 1. The van der Waals surface area contributed by atoms with Gasteiger partial charge in [0.15, 0.2) is 0 Å². The summed E-state index contributed by atoms with van der Waals surface area (Å²) in [6.45, 7) is 3.92. The van der Waals surface area contributed by atoms with Crippen LogP contribution in [0.5, 0.6) is 0 Å². The Morgan fingerprint density at radius 3 is 2.78 bits per heavy atom. The van der Waals surface area contributed by atoms with Gasteiger partial charge in [0, 0.05) is 25.6 Å². The Balaban J connectivity index is 1.75. The van der Waals surface area contributed by atoms with Crippen molar-refractivity contribution < 1.29 is 14.7 Å². The molecular weight excluding hydrogens is 232 g/mol.